The van der Waals surface area contributed by atoms with Crippen LogP contribution in [0.15, 0.2) is 85.5 Å². The highest BCUT2D eigenvalue weighted by molar-refractivity contribution is 8.19. The number of carboxylic acid groups (broad SMARTS) is 1. The van der Waals surface area contributed by atoms with Gasteiger partial charge in [-0.1, -0.05) is 62.5 Å². The fourth-order valence-electron chi connectivity index (χ4n) is 6.14. The lowest BCUT2D eigenvalue weighted by atomic mass is 8.39. The zero-order valence-electron chi connectivity index (χ0n) is 32.1. The van der Waals surface area contributed by atoms with Crippen molar-refractivity contribution in [3.05, 3.63) is 96.6 Å². The third-order valence-corrected chi connectivity index (χ3v) is 9.06. The number of benzene rings is 3. The Morgan fingerprint density at radius 2 is 1.02 bits per heavy atom. The van der Waals surface area contributed by atoms with E-state index in [-0.39, 0.29) is 7.43 Å². The van der Waals surface area contributed by atoms with Crippen LogP contribution in [0.3, 0.4) is 0 Å². The largest absolute Gasteiger partial charge is 0.478 e. The SMILES string of the molecule is C.C=CC(=O)O.Nc1ccccc1N.O=C1CCNc2ccccc2C1.[B]B([B])B([B])B(B(B([B])[B])B([B])[B])B(B([B])[B])B([B])[B].c1ccc2c(c1)CCCCN2. The minimum atomic E-state index is -0.981. The zero-order valence-corrected chi connectivity index (χ0v) is 32.1. The van der Waals surface area contributed by atoms with Gasteiger partial charge in [-0.25, -0.2) is 4.79 Å². The van der Waals surface area contributed by atoms with Gasteiger partial charge in [0.25, 0.3) is 0 Å². The van der Waals surface area contributed by atoms with Crippen molar-refractivity contribution in [3.8, 4) is 0 Å². The molecule has 7 N–H and O–H groups in total. The number of ketones is 1. The first-order valence-corrected chi connectivity index (χ1v) is 18.3. The fourth-order valence-corrected chi connectivity index (χ4v) is 6.14. The number of aliphatic carboxylic acids is 1. The first-order chi connectivity index (χ1) is 26.4. The minimum Gasteiger partial charge on any atom is -0.478 e. The Morgan fingerprint density at radius 1 is 0.614 bits per heavy atom. The Balaban J connectivity index is 0.000000730. The van der Waals surface area contributed by atoms with Crippen molar-refractivity contribution in [2.75, 3.05) is 35.2 Å². The summed E-state index contributed by atoms with van der Waals surface area (Å²) in [6, 6.07) is 23.8. The van der Waals surface area contributed by atoms with Gasteiger partial charge < -0.3 is 27.2 Å². The number of carbonyl (C=O) groups is 2. The highest BCUT2D eigenvalue weighted by Crippen LogP contribution is 2.20. The summed E-state index contributed by atoms with van der Waals surface area (Å²) in [5.74, 6) is -0.655. The van der Waals surface area contributed by atoms with Crippen molar-refractivity contribution in [3.63, 3.8) is 0 Å². The molecule has 2 heterocycles. The zero-order chi connectivity index (χ0) is 42.4. The number of nitrogens with two attached hydrogens (primary N) is 2. The Kier molecular flexibility index (Phi) is 27.8. The number of hydrogen-bond acceptors (Lipinski definition) is 6. The van der Waals surface area contributed by atoms with E-state index in [0.717, 1.165) is 30.4 Å². The molecule has 0 aliphatic carbocycles. The number of aryl methyl sites for hydroxylation is 1. The Morgan fingerprint density at radius 3 is 1.44 bits per heavy atom. The molecule has 0 fully saturated rings. The van der Waals surface area contributed by atoms with E-state index in [1.165, 1.54) is 30.5 Å². The summed E-state index contributed by atoms with van der Waals surface area (Å²) in [4.78, 5) is 20.5. The second-order valence-corrected chi connectivity index (χ2v) is 13.5. The molecule has 27 heteroatoms. The number of carboxylic acids is 1. The first-order valence-electron chi connectivity index (χ1n) is 18.3. The molecule has 2 aliphatic rings. The van der Waals surface area contributed by atoms with Crippen LogP contribution >= 0.6 is 0 Å². The van der Waals surface area contributed by atoms with Crippen molar-refractivity contribution in [1.29, 1.82) is 0 Å². The number of nitrogens with one attached hydrogen (secondary N) is 2. The van der Waals surface area contributed by atoms with E-state index >= 15 is 0 Å². The number of carbonyl (C=O) groups excluding carboxylic acids is 1. The van der Waals surface area contributed by atoms with Gasteiger partial charge in [-0.2, -0.15) is 0 Å². The summed E-state index contributed by atoms with van der Waals surface area (Å²) in [7, 11) is 63.2. The van der Waals surface area contributed by atoms with E-state index in [1.54, 1.807) is 12.1 Å². The summed E-state index contributed by atoms with van der Waals surface area (Å²) >= 11 is 0. The van der Waals surface area contributed by atoms with Gasteiger partial charge in [-0.05, 0) is 54.7 Å². The molecule has 2 aliphatic heterocycles. The number of nitrogen functional groups attached to an aromatic ring is 2. The molecule has 0 bridgehead atoms. The summed E-state index contributed by atoms with van der Waals surface area (Å²) in [5.41, 5.74) is 17.1. The predicted molar refractivity (Wildman–Crippen MR) is 271 cm³/mol. The molecule has 5 rings (SSSR count). The van der Waals surface area contributed by atoms with Gasteiger partial charge in [0.1, 0.15) is 5.78 Å². The van der Waals surface area contributed by atoms with Gasteiger partial charge in [0, 0.05) is 186 Å². The molecule has 0 atom stereocenters. The maximum absolute atomic E-state index is 11.2. The third-order valence-electron chi connectivity index (χ3n) is 9.06. The second-order valence-electron chi connectivity index (χ2n) is 13.5. The monoisotopic (exact) mass is 724 g/mol. The van der Waals surface area contributed by atoms with E-state index in [4.69, 9.17) is 102 Å². The van der Waals surface area contributed by atoms with Gasteiger partial charge in [-0.15, -0.1) is 0 Å². The molecule has 22 radical (unpaired) electrons. The summed E-state index contributed by atoms with van der Waals surface area (Å²) in [6.07, 6.45) is -1.22. The van der Waals surface area contributed by atoms with E-state index < -0.39 is 63.4 Å². The summed E-state index contributed by atoms with van der Waals surface area (Å²) in [5, 5.41) is 14.3. The van der Waals surface area contributed by atoms with Gasteiger partial charge >= 0.3 is 5.97 Å². The molecular weight excluding hydrogens is 681 g/mol. The molecule has 0 spiro atoms. The number of hydrogen-bond donors (Lipinski definition) is 5. The number of para-hydroxylation sites is 4. The van der Waals surface area contributed by atoms with Crippen LogP contribution in [0.4, 0.5) is 22.7 Å². The van der Waals surface area contributed by atoms with Gasteiger partial charge in [-0.3, -0.25) is 4.79 Å². The van der Waals surface area contributed by atoms with Crippen LogP contribution in [-0.2, 0) is 22.4 Å². The van der Waals surface area contributed by atoms with E-state index in [0.29, 0.717) is 30.0 Å². The lowest BCUT2D eigenvalue weighted by Crippen LogP contribution is -2.80. The van der Waals surface area contributed by atoms with Gasteiger partial charge in [0.2, 0.25) is 0 Å². The average Bonchev–Trinajstić information content (AvgIpc) is 3.50. The predicted octanol–water partition coefficient (Wildman–Crippen LogP) is -1.82. The molecule has 0 saturated carbocycles. The van der Waals surface area contributed by atoms with Crippen LogP contribution in [-0.4, -0.2) is 173 Å². The highest BCUT2D eigenvalue weighted by atomic mass is 16.4. The van der Waals surface area contributed by atoms with Gasteiger partial charge in [0.15, 0.2) is 0 Å². The van der Waals surface area contributed by atoms with Crippen LogP contribution < -0.4 is 22.1 Å². The maximum Gasteiger partial charge on any atom is 0.327 e. The standard InChI is InChI=1S/C10H11NO.C10H13N.C6H8N2.C3H4O2.CH4.B20/c12-9-5-6-11-10-4-2-1-3-8(10)7-9;1-2-7-10-9(5-1)6-3-4-8-11-10;7-5-3-1-2-4-6(5)8;1-2-3(4)5;;1-12(2)17(11)20(18(13(3)4)14(5)6)19(15(7)8)16(9)10/h1-4,11H,5-7H2;1-2,5,7,11H,3-4,6,8H2;1-4H,7-8H2;2H,1H2,(H,4,5);1H4;. The maximum atomic E-state index is 11.2. The van der Waals surface area contributed by atoms with Crippen LogP contribution in [0.1, 0.15) is 37.8 Å². The third kappa shape index (κ3) is 20.5. The van der Waals surface area contributed by atoms with E-state index in [9.17, 15) is 9.59 Å². The molecule has 0 unspecified atom stereocenters. The average molecular weight is 721 g/mol. The molecule has 0 aromatic heterocycles. The van der Waals surface area contributed by atoms with Gasteiger partial charge in [0.05, 0.1) is 11.4 Å². The molecule has 7 nitrogen and oxygen atoms in total. The summed E-state index contributed by atoms with van der Waals surface area (Å²) in [6.45, 7) is 4.87. The lowest BCUT2D eigenvalue weighted by molar-refractivity contribution is -0.131. The highest BCUT2D eigenvalue weighted by Gasteiger charge is 2.44. The molecular formula is C30H40B20N4O3. The van der Waals surface area contributed by atoms with Crippen LogP contribution in [0, 0.1) is 0 Å². The van der Waals surface area contributed by atoms with Crippen molar-refractivity contribution < 1.29 is 14.7 Å². The van der Waals surface area contributed by atoms with Crippen LogP contribution in [0.2, 0.25) is 0 Å². The van der Waals surface area contributed by atoms with Crippen LogP contribution in [0.25, 0.3) is 0 Å². The molecule has 3 aromatic rings. The molecule has 0 amide bonds. The Hall–Kier alpha value is -2.96. The number of Topliss-reactive ketones (excluding diaryl/α,β-unsaturated/α-hetero) is 1. The Labute approximate surface area is 361 Å². The van der Waals surface area contributed by atoms with Crippen LogP contribution in [0.5, 0.6) is 0 Å². The second kappa shape index (κ2) is 29.3. The van der Waals surface area contributed by atoms with Crippen molar-refractivity contribution >= 4 is 177 Å². The van der Waals surface area contributed by atoms with E-state index in [1.807, 2.05) is 36.4 Å². The minimum absolute atomic E-state index is 0. The van der Waals surface area contributed by atoms with E-state index in [2.05, 4.69) is 41.5 Å². The summed E-state index contributed by atoms with van der Waals surface area (Å²) < 4.78 is 0. The topological polar surface area (TPSA) is 130 Å². The smallest absolute Gasteiger partial charge is 0.327 e. The molecule has 258 valence electrons. The van der Waals surface area contributed by atoms with Crippen molar-refractivity contribution in [2.24, 2.45) is 0 Å². The normalized spacial score (nSPS) is 11.6. The Bertz CT molecular complexity index is 1530. The quantitative estimate of drug-likeness (QED) is 0.100. The number of anilines is 4. The van der Waals surface area contributed by atoms with Crippen molar-refractivity contribution in [1.82, 2.24) is 0 Å². The van der Waals surface area contributed by atoms with Crippen molar-refractivity contribution in [2.45, 2.75) is 39.5 Å². The molecule has 0 saturated heterocycles. The number of fused-ring (bicyclic) bond motifs is 2. The molecule has 3 aromatic carbocycles. The fraction of sp³-hybridized carbons (Fsp3) is 0.267. The first kappa shape index (κ1) is 54.0. The lowest BCUT2D eigenvalue weighted by Gasteiger charge is -2.42. The molecule has 57 heavy (non-hydrogen) atoms. The number of rotatable bonds is 9.